The minimum atomic E-state index is -0.301. The lowest BCUT2D eigenvalue weighted by Crippen LogP contribution is -2.33. The number of unbranched alkanes of at least 4 members (excludes halogenated alkanes) is 12. The Labute approximate surface area is 275 Å². The molecule has 0 spiro atoms. The first kappa shape index (κ1) is 45.0. The predicted molar refractivity (Wildman–Crippen MR) is 190 cm³/mol. The molecule has 1 saturated heterocycles. The number of hydrogen-bond acceptors (Lipinski definition) is 5. The van der Waals surface area contributed by atoms with E-state index in [0.717, 1.165) is 64.5 Å². The van der Waals surface area contributed by atoms with Crippen molar-refractivity contribution >= 4 is 11.9 Å². The molecule has 0 bridgehead atoms. The van der Waals surface area contributed by atoms with Gasteiger partial charge >= 0.3 is 5.97 Å². The van der Waals surface area contributed by atoms with Gasteiger partial charge in [-0.25, -0.2) is 0 Å². The maximum Gasteiger partial charge on any atom is 0.306 e. The molecule has 2 N–H and O–H groups in total. The topological polar surface area (TPSA) is 78.9 Å². The number of hydrogen-bond donors (Lipinski definition) is 2. The van der Waals surface area contributed by atoms with Crippen molar-refractivity contribution < 1.29 is 19.4 Å². The van der Waals surface area contributed by atoms with E-state index in [-0.39, 0.29) is 24.1 Å². The number of carbonyl (C=O) groups excluding carboxylic acids is 2. The second-order valence-corrected chi connectivity index (χ2v) is 12.8. The molecule has 0 saturated carbocycles. The van der Waals surface area contributed by atoms with Gasteiger partial charge in [-0.2, -0.15) is 0 Å². The number of nitrogens with one attached hydrogen (secondary N) is 1. The summed E-state index contributed by atoms with van der Waals surface area (Å²) in [7, 11) is 0. The van der Waals surface area contributed by atoms with Gasteiger partial charge in [0.2, 0.25) is 5.91 Å². The standard InChI is InChI=1S/C19H39NO2.C11H20O2.C8H19N/c1-4-7-10-11-12-13-18(21)14-15-19(22)20(16-8-5-2)17-9-6-3;1-2-3-4-5-6-7-10-8-9-11(12)13-10;1-3-5-7-9-8-6-4-2/h18,21H,4-17H2,1-3H3;10H,2-9H2,1H3;9H,3-8H2,1-2H3. The van der Waals surface area contributed by atoms with E-state index in [1.165, 1.54) is 96.6 Å². The Balaban J connectivity index is 0. The van der Waals surface area contributed by atoms with E-state index < -0.39 is 0 Å². The van der Waals surface area contributed by atoms with Crippen LogP contribution >= 0.6 is 0 Å². The molecule has 0 aromatic heterocycles. The van der Waals surface area contributed by atoms with Crippen LogP contribution in [0.4, 0.5) is 0 Å². The van der Waals surface area contributed by atoms with Gasteiger partial charge in [0.1, 0.15) is 6.10 Å². The molecule has 2 unspecified atom stereocenters. The molecule has 1 amide bonds. The first-order chi connectivity index (χ1) is 21.4. The van der Waals surface area contributed by atoms with Crippen molar-refractivity contribution in [3.05, 3.63) is 0 Å². The molecule has 6 heteroatoms. The monoisotopic (exact) mass is 627 g/mol. The quantitative estimate of drug-likeness (QED) is 0.0701. The van der Waals surface area contributed by atoms with E-state index in [1.54, 1.807) is 0 Å². The normalized spacial score (nSPS) is 14.7. The van der Waals surface area contributed by atoms with Crippen LogP contribution in [-0.4, -0.2) is 60.3 Å². The molecule has 6 nitrogen and oxygen atoms in total. The third-order valence-electron chi connectivity index (χ3n) is 8.26. The number of aliphatic hydroxyl groups is 1. The van der Waals surface area contributed by atoms with E-state index in [0.29, 0.717) is 19.3 Å². The summed E-state index contributed by atoms with van der Waals surface area (Å²) in [5, 5.41) is 13.4. The zero-order valence-corrected chi connectivity index (χ0v) is 30.6. The SMILES string of the molecule is CCCCCCCC(O)CCC(=O)N(CCCC)CCCC.CCCCCCCC1CCC(=O)O1.CCCCNCCCC. The lowest BCUT2D eigenvalue weighted by molar-refractivity contribution is -0.141. The fourth-order valence-electron chi connectivity index (χ4n) is 5.13. The third-order valence-corrected chi connectivity index (χ3v) is 8.26. The highest BCUT2D eigenvalue weighted by molar-refractivity contribution is 5.76. The van der Waals surface area contributed by atoms with Gasteiger partial charge in [0.05, 0.1) is 6.10 Å². The van der Waals surface area contributed by atoms with Crippen LogP contribution in [0.1, 0.15) is 196 Å². The van der Waals surface area contributed by atoms with Crippen molar-refractivity contribution in [2.24, 2.45) is 0 Å². The zero-order valence-electron chi connectivity index (χ0n) is 30.6. The van der Waals surface area contributed by atoms with E-state index in [4.69, 9.17) is 4.74 Å². The Bertz CT molecular complexity index is 587. The molecule has 1 rings (SSSR count). The average molecular weight is 627 g/mol. The van der Waals surface area contributed by atoms with Gasteiger partial charge in [0.15, 0.2) is 0 Å². The van der Waals surface area contributed by atoms with E-state index in [2.05, 4.69) is 46.9 Å². The summed E-state index contributed by atoms with van der Waals surface area (Å²) >= 11 is 0. The number of nitrogens with zero attached hydrogens (tertiary/aromatic N) is 1. The van der Waals surface area contributed by atoms with Gasteiger partial charge in [0.25, 0.3) is 0 Å². The minimum absolute atomic E-state index is 0.00134. The highest BCUT2D eigenvalue weighted by Crippen LogP contribution is 2.19. The molecular weight excluding hydrogens is 548 g/mol. The van der Waals surface area contributed by atoms with Crippen LogP contribution in [-0.2, 0) is 14.3 Å². The van der Waals surface area contributed by atoms with Crippen molar-refractivity contribution in [3.8, 4) is 0 Å². The van der Waals surface area contributed by atoms with Crippen molar-refractivity contribution in [2.45, 2.75) is 208 Å². The largest absolute Gasteiger partial charge is 0.462 e. The summed E-state index contributed by atoms with van der Waals surface area (Å²) in [6, 6.07) is 0. The second-order valence-electron chi connectivity index (χ2n) is 12.8. The molecule has 0 radical (unpaired) electrons. The van der Waals surface area contributed by atoms with Gasteiger partial charge in [-0.3, -0.25) is 9.59 Å². The maximum absolute atomic E-state index is 12.3. The molecule has 1 aliphatic heterocycles. The van der Waals surface area contributed by atoms with E-state index in [9.17, 15) is 14.7 Å². The van der Waals surface area contributed by atoms with Crippen LogP contribution < -0.4 is 5.32 Å². The van der Waals surface area contributed by atoms with Crippen molar-refractivity contribution in [1.82, 2.24) is 10.2 Å². The van der Waals surface area contributed by atoms with Crippen LogP contribution in [0.15, 0.2) is 0 Å². The van der Waals surface area contributed by atoms with Crippen LogP contribution in [0.25, 0.3) is 0 Å². The molecule has 0 aromatic rings. The molecule has 0 aliphatic carbocycles. The number of aliphatic hydroxyl groups excluding tert-OH is 1. The molecule has 2 atom stereocenters. The Morgan fingerprint density at radius 1 is 0.727 bits per heavy atom. The summed E-state index contributed by atoms with van der Waals surface area (Å²) in [5.74, 6) is 0.227. The Morgan fingerprint density at radius 3 is 1.70 bits per heavy atom. The van der Waals surface area contributed by atoms with Gasteiger partial charge < -0.3 is 20.1 Å². The highest BCUT2D eigenvalue weighted by atomic mass is 16.5. The number of carbonyl (C=O) groups is 2. The summed E-state index contributed by atoms with van der Waals surface area (Å²) in [6.07, 6.45) is 26.8. The lowest BCUT2D eigenvalue weighted by atomic mass is 10.0. The molecule has 44 heavy (non-hydrogen) atoms. The van der Waals surface area contributed by atoms with E-state index in [1.807, 2.05) is 4.90 Å². The summed E-state index contributed by atoms with van der Waals surface area (Å²) in [6.45, 7) is 17.4. The molecule has 0 aromatic carbocycles. The minimum Gasteiger partial charge on any atom is -0.462 e. The second kappa shape index (κ2) is 36.3. The number of esters is 1. The van der Waals surface area contributed by atoms with Gasteiger partial charge in [0, 0.05) is 25.9 Å². The molecule has 1 aliphatic rings. The van der Waals surface area contributed by atoms with Gasteiger partial charge in [-0.1, -0.05) is 125 Å². The molecule has 1 fully saturated rings. The summed E-state index contributed by atoms with van der Waals surface area (Å²) in [4.78, 5) is 25.1. The smallest absolute Gasteiger partial charge is 0.306 e. The average Bonchev–Trinajstić information content (AvgIpc) is 3.45. The Hall–Kier alpha value is -1.14. The molecule has 264 valence electrons. The van der Waals surface area contributed by atoms with Crippen LogP contribution in [0.2, 0.25) is 0 Å². The summed E-state index contributed by atoms with van der Waals surface area (Å²) in [5.41, 5.74) is 0. The summed E-state index contributed by atoms with van der Waals surface area (Å²) < 4.78 is 5.13. The van der Waals surface area contributed by atoms with Crippen LogP contribution in [0, 0.1) is 0 Å². The third kappa shape index (κ3) is 32.3. The van der Waals surface area contributed by atoms with Crippen molar-refractivity contribution in [1.29, 1.82) is 0 Å². The Kier molecular flexibility index (Phi) is 37.1. The van der Waals surface area contributed by atoms with Gasteiger partial charge in [-0.05, 0) is 70.9 Å². The first-order valence-electron chi connectivity index (χ1n) is 19.3. The predicted octanol–water partition coefficient (Wildman–Crippen LogP) is 10.1. The number of cyclic esters (lactones) is 1. The highest BCUT2D eigenvalue weighted by Gasteiger charge is 2.22. The molecule has 1 heterocycles. The number of rotatable bonds is 27. The maximum atomic E-state index is 12.3. The van der Waals surface area contributed by atoms with E-state index >= 15 is 0 Å². The van der Waals surface area contributed by atoms with Crippen LogP contribution in [0.3, 0.4) is 0 Å². The van der Waals surface area contributed by atoms with Crippen molar-refractivity contribution in [2.75, 3.05) is 26.2 Å². The fraction of sp³-hybridized carbons (Fsp3) is 0.947. The first-order valence-corrected chi connectivity index (χ1v) is 19.3. The number of ether oxygens (including phenoxy) is 1. The zero-order chi connectivity index (χ0) is 33.1. The van der Waals surface area contributed by atoms with Crippen LogP contribution in [0.5, 0.6) is 0 Å². The molecular formula is C38H78N2O4. The Morgan fingerprint density at radius 2 is 1.23 bits per heavy atom. The lowest BCUT2D eigenvalue weighted by Gasteiger charge is -2.23. The number of amides is 1. The fourth-order valence-corrected chi connectivity index (χ4v) is 5.13. The van der Waals surface area contributed by atoms with Gasteiger partial charge in [-0.15, -0.1) is 0 Å². The van der Waals surface area contributed by atoms with Crippen molar-refractivity contribution in [3.63, 3.8) is 0 Å².